The molecule has 0 amide bonds. The third-order valence-electron chi connectivity index (χ3n) is 1.99. The van der Waals surface area contributed by atoms with Crippen LogP contribution in [0.3, 0.4) is 0 Å². The maximum absolute atomic E-state index is 8.37. The lowest BCUT2D eigenvalue weighted by Gasteiger charge is -2.04. The fourth-order valence-corrected chi connectivity index (χ4v) is 1.39. The first-order chi connectivity index (χ1) is 6.92. The first kappa shape index (κ1) is 8.58. The van der Waals surface area contributed by atoms with E-state index in [2.05, 4.69) is 0 Å². The van der Waals surface area contributed by atoms with Crippen molar-refractivity contribution in [3.8, 4) is 11.8 Å². The fraction of sp³-hybridized carbons (Fsp3) is 0. The topological polar surface area (TPSA) is 33.0 Å². The van der Waals surface area contributed by atoms with Gasteiger partial charge in [-0.25, -0.2) is 0 Å². The highest BCUT2D eigenvalue weighted by Gasteiger charge is 1.99. The van der Waals surface area contributed by atoms with E-state index < -0.39 is 0 Å². The maximum atomic E-state index is 8.37. The predicted molar refractivity (Wildman–Crippen MR) is 54.5 cm³/mol. The van der Waals surface area contributed by atoms with Gasteiger partial charge in [-0.1, -0.05) is 36.4 Å². The summed E-state index contributed by atoms with van der Waals surface area (Å²) in [5.74, 6) is 0.713. The van der Waals surface area contributed by atoms with Crippen LogP contribution in [-0.2, 0) is 0 Å². The van der Waals surface area contributed by atoms with Gasteiger partial charge in [-0.15, -0.1) is 0 Å². The molecule has 14 heavy (non-hydrogen) atoms. The quantitative estimate of drug-likeness (QED) is 0.715. The number of ether oxygens (including phenoxy) is 1. The zero-order valence-electron chi connectivity index (χ0n) is 7.47. The molecule has 2 aromatic carbocycles. The summed E-state index contributed by atoms with van der Waals surface area (Å²) in [7, 11) is 0. The fourth-order valence-electron chi connectivity index (χ4n) is 1.39. The van der Waals surface area contributed by atoms with E-state index in [9.17, 15) is 0 Å². The third-order valence-corrected chi connectivity index (χ3v) is 1.99. The highest BCUT2D eigenvalue weighted by molar-refractivity contribution is 5.88. The molecule has 0 aliphatic rings. The van der Waals surface area contributed by atoms with Crippen molar-refractivity contribution in [1.29, 1.82) is 5.26 Å². The lowest BCUT2D eigenvalue weighted by molar-refractivity contribution is 0.443. The number of benzene rings is 2. The van der Waals surface area contributed by atoms with Crippen LogP contribution in [0.4, 0.5) is 0 Å². The second-order valence-electron chi connectivity index (χ2n) is 2.84. The van der Waals surface area contributed by atoms with E-state index in [4.69, 9.17) is 10.00 Å². The summed E-state index contributed by atoms with van der Waals surface area (Å²) in [6, 6.07) is 15.5. The van der Waals surface area contributed by atoms with E-state index in [0.717, 1.165) is 17.4 Å². The van der Waals surface area contributed by atoms with Crippen LogP contribution in [0.15, 0.2) is 42.5 Å². The largest absolute Gasteiger partial charge is 0.470 e. The average molecular weight is 182 g/mol. The van der Waals surface area contributed by atoms with Crippen molar-refractivity contribution in [1.82, 2.24) is 0 Å². The van der Waals surface area contributed by atoms with Gasteiger partial charge >= 0.3 is 0 Å². The first-order valence-corrected chi connectivity index (χ1v) is 4.27. The molecular formula is C12H8NO. The van der Waals surface area contributed by atoms with Crippen molar-refractivity contribution < 1.29 is 4.74 Å². The highest BCUT2D eigenvalue weighted by Crippen LogP contribution is 2.25. The minimum atomic E-state index is 0.713. The van der Waals surface area contributed by atoms with Crippen molar-refractivity contribution >= 4 is 10.8 Å². The SMILES string of the molecule is N#C[CH]Oc1cccc2ccccc12. The van der Waals surface area contributed by atoms with Crippen LogP contribution in [0.25, 0.3) is 10.8 Å². The summed E-state index contributed by atoms with van der Waals surface area (Å²) in [6.45, 7) is 1.13. The Labute approximate surface area is 82.3 Å². The molecule has 0 saturated carbocycles. The van der Waals surface area contributed by atoms with E-state index in [0.29, 0.717) is 5.75 Å². The number of rotatable bonds is 2. The highest BCUT2D eigenvalue weighted by atomic mass is 16.5. The second kappa shape index (κ2) is 3.80. The van der Waals surface area contributed by atoms with Crippen LogP contribution in [0, 0.1) is 17.9 Å². The zero-order chi connectivity index (χ0) is 9.80. The Balaban J connectivity index is 2.49. The van der Waals surface area contributed by atoms with E-state index in [1.807, 2.05) is 48.5 Å². The van der Waals surface area contributed by atoms with Crippen molar-refractivity contribution in [2.45, 2.75) is 0 Å². The van der Waals surface area contributed by atoms with Crippen LogP contribution in [-0.4, -0.2) is 0 Å². The Morgan fingerprint density at radius 2 is 1.86 bits per heavy atom. The Morgan fingerprint density at radius 3 is 2.71 bits per heavy atom. The average Bonchev–Trinajstić information content (AvgIpc) is 2.26. The van der Waals surface area contributed by atoms with Crippen molar-refractivity contribution in [3.05, 3.63) is 49.1 Å². The predicted octanol–water partition coefficient (Wildman–Crippen LogP) is 2.90. The summed E-state index contributed by atoms with van der Waals surface area (Å²) in [5, 5.41) is 10.5. The third kappa shape index (κ3) is 1.53. The molecule has 1 radical (unpaired) electrons. The number of hydrogen-bond donors (Lipinski definition) is 0. The Kier molecular flexibility index (Phi) is 2.33. The first-order valence-electron chi connectivity index (χ1n) is 4.27. The smallest absolute Gasteiger partial charge is 0.234 e. The lowest BCUT2D eigenvalue weighted by Crippen LogP contribution is -1.87. The molecule has 0 bridgehead atoms. The molecule has 0 unspecified atom stereocenters. The van der Waals surface area contributed by atoms with E-state index in [1.54, 1.807) is 0 Å². The van der Waals surface area contributed by atoms with Gasteiger partial charge in [0.15, 0.2) is 0 Å². The molecule has 0 aliphatic heterocycles. The van der Waals surface area contributed by atoms with Gasteiger partial charge in [0.1, 0.15) is 11.8 Å². The Hall–Kier alpha value is -2.01. The standard InChI is InChI=1S/C12H8NO/c13-8-9-14-12-7-3-5-10-4-1-2-6-11(10)12/h1-7,9H. The van der Waals surface area contributed by atoms with Gasteiger partial charge in [0.2, 0.25) is 6.61 Å². The van der Waals surface area contributed by atoms with E-state index >= 15 is 0 Å². The minimum absolute atomic E-state index is 0.713. The number of nitrogens with zero attached hydrogens (tertiary/aromatic N) is 1. The molecule has 0 N–H and O–H groups in total. The van der Waals surface area contributed by atoms with Crippen molar-refractivity contribution in [3.63, 3.8) is 0 Å². The second-order valence-corrected chi connectivity index (χ2v) is 2.84. The number of hydrogen-bond acceptors (Lipinski definition) is 2. The van der Waals surface area contributed by atoms with Gasteiger partial charge in [0, 0.05) is 5.39 Å². The molecule has 0 spiro atoms. The molecule has 2 nitrogen and oxygen atoms in total. The molecule has 0 heterocycles. The van der Waals surface area contributed by atoms with Crippen LogP contribution < -0.4 is 4.74 Å². The van der Waals surface area contributed by atoms with Crippen LogP contribution >= 0.6 is 0 Å². The van der Waals surface area contributed by atoms with Gasteiger partial charge in [-0.3, -0.25) is 0 Å². The normalized spacial score (nSPS) is 9.64. The zero-order valence-corrected chi connectivity index (χ0v) is 7.47. The van der Waals surface area contributed by atoms with Crippen LogP contribution in [0.1, 0.15) is 0 Å². The summed E-state index contributed by atoms with van der Waals surface area (Å²) in [6.07, 6.45) is 0. The van der Waals surface area contributed by atoms with E-state index in [-0.39, 0.29) is 0 Å². The summed E-state index contributed by atoms with van der Waals surface area (Å²) in [4.78, 5) is 0. The molecule has 0 atom stereocenters. The van der Waals surface area contributed by atoms with E-state index in [1.165, 1.54) is 0 Å². The molecular weight excluding hydrogens is 174 g/mol. The molecule has 2 heteroatoms. The van der Waals surface area contributed by atoms with Crippen molar-refractivity contribution in [2.75, 3.05) is 0 Å². The molecule has 0 fully saturated rings. The van der Waals surface area contributed by atoms with Gasteiger partial charge in [0.25, 0.3) is 0 Å². The molecule has 0 aromatic heterocycles. The van der Waals surface area contributed by atoms with Gasteiger partial charge < -0.3 is 4.74 Å². The summed E-state index contributed by atoms with van der Waals surface area (Å²) < 4.78 is 5.18. The Bertz CT molecular complexity index is 480. The lowest BCUT2D eigenvalue weighted by atomic mass is 10.1. The van der Waals surface area contributed by atoms with Crippen molar-refractivity contribution in [2.24, 2.45) is 0 Å². The maximum Gasteiger partial charge on any atom is 0.234 e. The Morgan fingerprint density at radius 1 is 1.07 bits per heavy atom. The van der Waals surface area contributed by atoms with Gasteiger partial charge in [-0.2, -0.15) is 5.26 Å². The summed E-state index contributed by atoms with van der Waals surface area (Å²) >= 11 is 0. The summed E-state index contributed by atoms with van der Waals surface area (Å²) in [5.41, 5.74) is 0. The molecule has 67 valence electrons. The van der Waals surface area contributed by atoms with Gasteiger partial charge in [-0.05, 0) is 11.5 Å². The van der Waals surface area contributed by atoms with Crippen LogP contribution in [0.2, 0.25) is 0 Å². The number of nitriles is 1. The molecule has 2 rings (SSSR count). The molecule has 2 aromatic rings. The van der Waals surface area contributed by atoms with Crippen LogP contribution in [0.5, 0.6) is 5.75 Å². The molecule has 0 saturated heterocycles. The number of fused-ring (bicyclic) bond motifs is 1. The minimum Gasteiger partial charge on any atom is -0.470 e. The van der Waals surface area contributed by atoms with Gasteiger partial charge in [0.05, 0.1) is 0 Å². The monoisotopic (exact) mass is 182 g/mol. The molecule has 0 aliphatic carbocycles.